The molecule has 0 aromatic heterocycles. The van der Waals surface area contributed by atoms with Crippen molar-refractivity contribution < 1.29 is 27.2 Å². The molecule has 0 rings (SSSR count). The molecule has 6 nitrogen and oxygen atoms in total. The van der Waals surface area contributed by atoms with Crippen LogP contribution in [0.2, 0.25) is 0 Å². The van der Waals surface area contributed by atoms with Crippen LogP contribution in [0.15, 0.2) is 11.6 Å². The summed E-state index contributed by atoms with van der Waals surface area (Å²) in [7, 11) is -7.56. The molecule has 0 bridgehead atoms. The van der Waals surface area contributed by atoms with Crippen LogP contribution in [0.25, 0.3) is 0 Å². The lowest BCUT2D eigenvalue weighted by atomic mass is 10.5. The number of hydrogen-bond donors (Lipinski definition) is 0. The summed E-state index contributed by atoms with van der Waals surface area (Å²) in [6, 6.07) is 0. The van der Waals surface area contributed by atoms with Gasteiger partial charge in [0.2, 0.25) is 0 Å². The summed E-state index contributed by atoms with van der Waals surface area (Å²) < 4.78 is 46.5. The molecule has 0 amide bonds. The first-order valence-corrected chi connectivity index (χ1v) is 9.75. The Balaban J connectivity index is 5.49. The smallest absolute Gasteiger partial charge is 0.305 e. The summed E-state index contributed by atoms with van der Waals surface area (Å²) in [6.45, 7) is 14.0. The fourth-order valence-electron chi connectivity index (χ4n) is 1.38. The van der Waals surface area contributed by atoms with Crippen molar-refractivity contribution in [2.45, 2.75) is 53.8 Å². The van der Waals surface area contributed by atoms with E-state index in [9.17, 15) is 9.13 Å². The summed E-state index contributed by atoms with van der Waals surface area (Å²) in [5.41, 5.74) is 0. The highest BCUT2D eigenvalue weighted by Crippen LogP contribution is 2.73. The lowest BCUT2D eigenvalue weighted by Crippen LogP contribution is -2.10. The SMILES string of the molecule is C=C(P(=O)(OCC)OCC)P(=O)(OC(C)C)OC(C)C. The van der Waals surface area contributed by atoms with Crippen LogP contribution < -0.4 is 0 Å². The standard InChI is InChI=1S/C12H26O6P2/c1-8-15-19(13,16-9-2)12(7)20(14,17-10(3)4)18-11(5)6/h10-11H,7-9H2,1-6H3. The fraction of sp³-hybridized carbons (Fsp3) is 0.833. The number of hydrogen-bond acceptors (Lipinski definition) is 6. The molecular weight excluding hydrogens is 302 g/mol. The fourth-order valence-corrected chi connectivity index (χ4v) is 5.66. The van der Waals surface area contributed by atoms with Gasteiger partial charge >= 0.3 is 15.2 Å². The van der Waals surface area contributed by atoms with Crippen LogP contribution >= 0.6 is 15.2 Å². The van der Waals surface area contributed by atoms with Crippen molar-refractivity contribution in [2.24, 2.45) is 0 Å². The first kappa shape index (κ1) is 20.0. The van der Waals surface area contributed by atoms with Gasteiger partial charge in [-0.25, -0.2) is 0 Å². The average Bonchev–Trinajstić information content (AvgIpc) is 2.26. The van der Waals surface area contributed by atoms with Crippen LogP contribution in [0.4, 0.5) is 0 Å². The summed E-state index contributed by atoms with van der Waals surface area (Å²) in [6.07, 6.45) is -0.763. The first-order chi connectivity index (χ1) is 9.11. The van der Waals surface area contributed by atoms with Crippen LogP contribution in [0.1, 0.15) is 41.5 Å². The predicted octanol–water partition coefficient (Wildman–Crippen LogP) is 4.77. The minimum absolute atomic E-state index is 0.139. The molecule has 120 valence electrons. The van der Waals surface area contributed by atoms with Gasteiger partial charge < -0.3 is 18.1 Å². The van der Waals surface area contributed by atoms with Gasteiger partial charge in [0.05, 0.1) is 25.4 Å². The van der Waals surface area contributed by atoms with Crippen molar-refractivity contribution in [2.75, 3.05) is 13.2 Å². The molecule has 0 aromatic rings. The molecule has 0 saturated carbocycles. The van der Waals surface area contributed by atoms with Crippen molar-refractivity contribution in [1.29, 1.82) is 0 Å². The van der Waals surface area contributed by atoms with E-state index in [0.29, 0.717) is 0 Å². The van der Waals surface area contributed by atoms with Crippen LogP contribution in [0.3, 0.4) is 0 Å². The molecule has 8 heteroatoms. The van der Waals surface area contributed by atoms with E-state index < -0.39 is 15.2 Å². The topological polar surface area (TPSA) is 71.1 Å². The minimum atomic E-state index is -3.81. The largest absolute Gasteiger partial charge is 0.369 e. The molecular formula is C12H26O6P2. The third-order valence-corrected chi connectivity index (χ3v) is 7.26. The van der Waals surface area contributed by atoms with Crippen molar-refractivity contribution in [1.82, 2.24) is 0 Å². The molecule has 0 spiro atoms. The molecule has 0 aliphatic carbocycles. The van der Waals surface area contributed by atoms with Crippen LogP contribution in [0.5, 0.6) is 0 Å². The van der Waals surface area contributed by atoms with Crippen LogP contribution in [0, 0.1) is 0 Å². The third kappa shape index (κ3) is 5.80. The quantitative estimate of drug-likeness (QED) is 0.538. The van der Waals surface area contributed by atoms with Gasteiger partial charge in [0.25, 0.3) is 0 Å². The van der Waals surface area contributed by atoms with E-state index in [1.165, 1.54) is 0 Å². The minimum Gasteiger partial charge on any atom is -0.305 e. The lowest BCUT2D eigenvalue weighted by molar-refractivity contribution is 0.147. The van der Waals surface area contributed by atoms with E-state index in [0.717, 1.165) is 0 Å². The summed E-state index contributed by atoms with van der Waals surface area (Å²) in [5, 5.41) is -0.254. The molecule has 0 unspecified atom stereocenters. The Bertz CT molecular complexity index is 381. The van der Waals surface area contributed by atoms with Gasteiger partial charge in [0, 0.05) is 0 Å². The van der Waals surface area contributed by atoms with Crippen molar-refractivity contribution in [3.8, 4) is 0 Å². The molecule has 0 aromatic carbocycles. The normalized spacial score (nSPS) is 13.2. The van der Waals surface area contributed by atoms with Gasteiger partial charge in [-0.2, -0.15) is 0 Å². The van der Waals surface area contributed by atoms with E-state index >= 15 is 0 Å². The Morgan fingerprint density at radius 2 is 1.25 bits per heavy atom. The zero-order valence-corrected chi connectivity index (χ0v) is 14.9. The Morgan fingerprint density at radius 1 is 0.900 bits per heavy atom. The van der Waals surface area contributed by atoms with E-state index in [1.54, 1.807) is 41.5 Å². The molecule has 0 N–H and O–H groups in total. The summed E-state index contributed by atoms with van der Waals surface area (Å²) in [5.74, 6) is 0. The van der Waals surface area contributed by atoms with Crippen molar-refractivity contribution in [3.63, 3.8) is 0 Å². The highest BCUT2D eigenvalue weighted by molar-refractivity contribution is 7.78. The molecule has 0 fully saturated rings. The third-order valence-electron chi connectivity index (χ3n) is 1.93. The second-order valence-electron chi connectivity index (χ2n) is 4.56. The van der Waals surface area contributed by atoms with Gasteiger partial charge in [-0.1, -0.05) is 6.58 Å². The van der Waals surface area contributed by atoms with E-state index in [-0.39, 0.29) is 30.5 Å². The lowest BCUT2D eigenvalue weighted by Gasteiger charge is -2.27. The molecule has 0 aliphatic heterocycles. The maximum atomic E-state index is 12.9. The molecule has 0 aliphatic rings. The van der Waals surface area contributed by atoms with Crippen LogP contribution in [-0.2, 0) is 27.2 Å². The van der Waals surface area contributed by atoms with Crippen molar-refractivity contribution in [3.05, 3.63) is 11.6 Å². The predicted molar refractivity (Wildman–Crippen MR) is 80.0 cm³/mol. The maximum Gasteiger partial charge on any atom is 0.369 e. The molecule has 0 saturated heterocycles. The van der Waals surface area contributed by atoms with Gasteiger partial charge in [-0.05, 0) is 41.5 Å². The molecule has 0 heterocycles. The monoisotopic (exact) mass is 328 g/mol. The Morgan fingerprint density at radius 3 is 1.50 bits per heavy atom. The average molecular weight is 328 g/mol. The molecule has 0 radical (unpaired) electrons. The van der Waals surface area contributed by atoms with E-state index in [2.05, 4.69) is 6.58 Å². The van der Waals surface area contributed by atoms with Gasteiger partial charge in [0.1, 0.15) is 5.06 Å². The van der Waals surface area contributed by atoms with Crippen LogP contribution in [-0.4, -0.2) is 25.4 Å². The maximum absolute atomic E-state index is 12.9. The van der Waals surface area contributed by atoms with Gasteiger partial charge in [-0.15, -0.1) is 0 Å². The number of rotatable bonds is 10. The van der Waals surface area contributed by atoms with Crippen molar-refractivity contribution >= 4 is 15.2 Å². The highest BCUT2D eigenvalue weighted by Gasteiger charge is 2.44. The zero-order valence-electron chi connectivity index (χ0n) is 13.1. The Kier molecular flexibility index (Phi) is 8.49. The Labute approximate surface area is 121 Å². The van der Waals surface area contributed by atoms with E-state index in [4.69, 9.17) is 18.1 Å². The van der Waals surface area contributed by atoms with E-state index in [1.807, 2.05) is 0 Å². The van der Waals surface area contributed by atoms with Gasteiger partial charge in [0.15, 0.2) is 0 Å². The van der Waals surface area contributed by atoms with Gasteiger partial charge in [-0.3, -0.25) is 9.13 Å². The zero-order chi connectivity index (χ0) is 16.0. The summed E-state index contributed by atoms with van der Waals surface area (Å²) >= 11 is 0. The Hall–Kier alpha value is 0.0400. The highest BCUT2D eigenvalue weighted by atomic mass is 31.2. The molecule has 0 atom stereocenters. The first-order valence-electron chi connectivity index (χ1n) is 6.67. The summed E-state index contributed by atoms with van der Waals surface area (Å²) in [4.78, 5) is 0. The second-order valence-corrected chi connectivity index (χ2v) is 8.92. The second kappa shape index (κ2) is 8.47. The molecule has 20 heavy (non-hydrogen) atoms.